The monoisotopic (exact) mass is 265 g/mol. The van der Waals surface area contributed by atoms with Crippen molar-refractivity contribution in [3.05, 3.63) is 48.0 Å². The topological polar surface area (TPSA) is 58.7 Å². The average molecular weight is 265 g/mol. The smallest absolute Gasteiger partial charge is 0.346 e. The van der Waals surface area contributed by atoms with Crippen molar-refractivity contribution in [1.82, 2.24) is 4.90 Å². The summed E-state index contributed by atoms with van der Waals surface area (Å²) in [4.78, 5) is 16.7. The van der Waals surface area contributed by atoms with Gasteiger partial charge in [0.15, 0.2) is 0 Å². The molecule has 0 aromatic heterocycles. The van der Waals surface area contributed by atoms with Gasteiger partial charge in [-0.25, -0.2) is 13.6 Å². The molecule has 0 bridgehead atoms. The van der Waals surface area contributed by atoms with E-state index in [0.29, 0.717) is 5.56 Å². The summed E-state index contributed by atoms with van der Waals surface area (Å²) >= 11 is 0. The highest BCUT2D eigenvalue weighted by atomic mass is 19.3. The number of urea groups is 1. The van der Waals surface area contributed by atoms with E-state index in [1.54, 1.807) is 6.07 Å². The van der Waals surface area contributed by atoms with Crippen molar-refractivity contribution < 1.29 is 13.6 Å². The van der Waals surface area contributed by atoms with E-state index in [1.807, 2.05) is 0 Å². The van der Waals surface area contributed by atoms with Crippen LogP contribution in [-0.4, -0.2) is 23.3 Å². The molecule has 2 rings (SSSR count). The van der Waals surface area contributed by atoms with Crippen LogP contribution < -0.4 is 5.73 Å². The van der Waals surface area contributed by atoms with Crippen LogP contribution in [0.15, 0.2) is 41.9 Å². The summed E-state index contributed by atoms with van der Waals surface area (Å²) in [5.41, 5.74) is 6.13. The molecule has 4 nitrogen and oxygen atoms in total. The normalized spacial score (nSPS) is 18.9. The lowest BCUT2D eigenvalue weighted by molar-refractivity contribution is 0.151. The number of halogens is 2. The molecular formula is C13H13F2N3O. The number of carbonyl (C=O) groups excluding carboxylic acids is 1. The molecule has 1 heterocycles. The molecule has 19 heavy (non-hydrogen) atoms. The van der Waals surface area contributed by atoms with Crippen LogP contribution >= 0.6 is 0 Å². The Kier molecular flexibility index (Phi) is 3.59. The number of benzene rings is 1. The molecule has 1 atom stereocenters. The molecule has 1 aromatic carbocycles. The predicted molar refractivity (Wildman–Crippen MR) is 68.1 cm³/mol. The molecule has 0 fully saturated rings. The van der Waals surface area contributed by atoms with Crippen LogP contribution in [0.5, 0.6) is 0 Å². The summed E-state index contributed by atoms with van der Waals surface area (Å²) in [7, 11) is 0. The van der Waals surface area contributed by atoms with Gasteiger partial charge >= 0.3 is 6.03 Å². The van der Waals surface area contributed by atoms with Crippen LogP contribution in [0.1, 0.15) is 23.6 Å². The van der Waals surface area contributed by atoms with Gasteiger partial charge < -0.3 is 10.6 Å². The second-order valence-electron chi connectivity index (χ2n) is 4.13. The Morgan fingerprint density at radius 1 is 1.53 bits per heavy atom. The molecule has 1 unspecified atom stereocenters. The highest BCUT2D eigenvalue weighted by Crippen LogP contribution is 2.29. The Balaban J connectivity index is 2.38. The minimum absolute atomic E-state index is 0.108. The summed E-state index contributed by atoms with van der Waals surface area (Å²) < 4.78 is 25.4. The van der Waals surface area contributed by atoms with E-state index < -0.39 is 18.5 Å². The van der Waals surface area contributed by atoms with Crippen LogP contribution in [0.4, 0.5) is 13.6 Å². The lowest BCUT2D eigenvalue weighted by Gasteiger charge is -2.23. The van der Waals surface area contributed by atoms with Crippen molar-refractivity contribution in [2.45, 2.75) is 12.5 Å². The SMILES string of the molecule is C=CCN1C(=O)N=C(N)C1c1cccc(C(F)F)c1. The van der Waals surface area contributed by atoms with Gasteiger partial charge in [0, 0.05) is 12.1 Å². The number of amides is 2. The molecular weight excluding hydrogens is 252 g/mol. The Morgan fingerprint density at radius 2 is 2.26 bits per heavy atom. The fourth-order valence-corrected chi connectivity index (χ4v) is 2.04. The Morgan fingerprint density at radius 3 is 2.89 bits per heavy atom. The fraction of sp³-hybridized carbons (Fsp3) is 0.231. The molecule has 2 amide bonds. The van der Waals surface area contributed by atoms with Gasteiger partial charge in [-0.1, -0.05) is 24.3 Å². The summed E-state index contributed by atoms with van der Waals surface area (Å²) in [6, 6.07) is 4.74. The third kappa shape index (κ3) is 2.47. The molecule has 1 aliphatic heterocycles. The summed E-state index contributed by atoms with van der Waals surface area (Å²) in [6.07, 6.45) is -1.03. The molecule has 100 valence electrons. The van der Waals surface area contributed by atoms with E-state index in [-0.39, 0.29) is 17.9 Å². The number of aliphatic imine (C=N–C) groups is 1. The highest BCUT2D eigenvalue weighted by Gasteiger charge is 2.33. The zero-order chi connectivity index (χ0) is 14.0. The predicted octanol–water partition coefficient (Wildman–Crippen LogP) is 2.64. The van der Waals surface area contributed by atoms with Crippen molar-refractivity contribution in [3.63, 3.8) is 0 Å². The first-order valence-corrected chi connectivity index (χ1v) is 5.68. The zero-order valence-corrected chi connectivity index (χ0v) is 10.1. The lowest BCUT2D eigenvalue weighted by atomic mass is 10.0. The molecule has 0 saturated carbocycles. The second kappa shape index (κ2) is 5.17. The van der Waals surface area contributed by atoms with E-state index in [2.05, 4.69) is 11.6 Å². The molecule has 2 N–H and O–H groups in total. The maximum atomic E-state index is 12.7. The quantitative estimate of drug-likeness (QED) is 0.851. The van der Waals surface area contributed by atoms with Gasteiger partial charge in [0.25, 0.3) is 6.43 Å². The number of alkyl halides is 2. The average Bonchev–Trinajstić information content (AvgIpc) is 2.65. The largest absolute Gasteiger partial charge is 0.385 e. The van der Waals surface area contributed by atoms with E-state index in [9.17, 15) is 13.6 Å². The second-order valence-corrected chi connectivity index (χ2v) is 4.13. The molecule has 0 spiro atoms. The number of carbonyl (C=O) groups is 1. The molecule has 1 aliphatic rings. The Bertz CT molecular complexity index is 542. The Hall–Kier alpha value is -2.24. The van der Waals surface area contributed by atoms with E-state index in [4.69, 9.17) is 5.73 Å². The number of nitrogens with two attached hydrogens (primary N) is 1. The minimum Gasteiger partial charge on any atom is -0.385 e. The summed E-state index contributed by atoms with van der Waals surface area (Å²) in [5.74, 6) is 0.110. The maximum absolute atomic E-state index is 12.7. The lowest BCUT2D eigenvalue weighted by Crippen LogP contribution is -2.33. The maximum Gasteiger partial charge on any atom is 0.346 e. The van der Waals surface area contributed by atoms with Gasteiger partial charge in [-0.2, -0.15) is 4.99 Å². The van der Waals surface area contributed by atoms with Crippen molar-refractivity contribution >= 4 is 11.9 Å². The molecule has 1 aromatic rings. The molecule has 6 heteroatoms. The van der Waals surface area contributed by atoms with Gasteiger partial charge in [-0.15, -0.1) is 6.58 Å². The number of rotatable bonds is 4. The van der Waals surface area contributed by atoms with Gasteiger partial charge in [-0.05, 0) is 11.6 Å². The highest BCUT2D eigenvalue weighted by molar-refractivity contribution is 6.03. The first-order chi connectivity index (χ1) is 9.04. The van der Waals surface area contributed by atoms with Crippen LogP contribution in [-0.2, 0) is 0 Å². The minimum atomic E-state index is -2.57. The van der Waals surface area contributed by atoms with Crippen molar-refractivity contribution in [2.75, 3.05) is 6.54 Å². The van der Waals surface area contributed by atoms with Crippen LogP contribution in [0.3, 0.4) is 0 Å². The molecule has 0 aliphatic carbocycles. The van der Waals surface area contributed by atoms with Crippen molar-refractivity contribution in [2.24, 2.45) is 10.7 Å². The van der Waals surface area contributed by atoms with Gasteiger partial charge in [0.2, 0.25) is 0 Å². The number of hydrogen-bond donors (Lipinski definition) is 1. The van der Waals surface area contributed by atoms with E-state index >= 15 is 0 Å². The number of hydrogen-bond acceptors (Lipinski definition) is 2. The number of amidine groups is 1. The van der Waals surface area contributed by atoms with Crippen LogP contribution in [0, 0.1) is 0 Å². The summed E-state index contributed by atoms with van der Waals surface area (Å²) in [6.45, 7) is 3.81. The van der Waals surface area contributed by atoms with Crippen molar-refractivity contribution in [1.29, 1.82) is 0 Å². The third-order valence-corrected chi connectivity index (χ3v) is 2.87. The zero-order valence-electron chi connectivity index (χ0n) is 10.1. The van der Waals surface area contributed by atoms with Crippen molar-refractivity contribution in [3.8, 4) is 0 Å². The van der Waals surface area contributed by atoms with E-state index in [0.717, 1.165) is 0 Å². The molecule has 0 radical (unpaired) electrons. The van der Waals surface area contributed by atoms with E-state index in [1.165, 1.54) is 29.2 Å². The van der Waals surface area contributed by atoms with Gasteiger partial charge in [0.05, 0.1) is 0 Å². The van der Waals surface area contributed by atoms with Gasteiger partial charge in [-0.3, -0.25) is 0 Å². The first-order valence-electron chi connectivity index (χ1n) is 5.68. The third-order valence-electron chi connectivity index (χ3n) is 2.87. The number of nitrogens with zero attached hydrogens (tertiary/aromatic N) is 2. The van der Waals surface area contributed by atoms with Crippen LogP contribution in [0.25, 0.3) is 0 Å². The fourth-order valence-electron chi connectivity index (χ4n) is 2.04. The summed E-state index contributed by atoms with van der Waals surface area (Å²) in [5, 5.41) is 0. The van der Waals surface area contributed by atoms with Crippen LogP contribution in [0.2, 0.25) is 0 Å². The molecule has 0 saturated heterocycles. The Labute approximate surface area is 109 Å². The first kappa shape index (κ1) is 13.2. The standard InChI is InChI=1S/C13H13F2N3O/c1-2-6-18-10(12(16)17-13(18)19)8-4-3-5-9(7-8)11(14)15/h2-5,7,10-11H,1,6H2,(H2,16,17,19). The van der Waals surface area contributed by atoms with Gasteiger partial charge in [0.1, 0.15) is 11.9 Å².